The predicted molar refractivity (Wildman–Crippen MR) is 53.1 cm³/mol. The first kappa shape index (κ1) is 10.8. The summed E-state index contributed by atoms with van der Waals surface area (Å²) in [5, 5.41) is 4.00. The number of esters is 1. The van der Waals surface area contributed by atoms with Gasteiger partial charge >= 0.3 is 5.97 Å². The molecule has 14 heavy (non-hydrogen) atoms. The molecule has 4 nitrogen and oxygen atoms in total. The Morgan fingerprint density at radius 2 is 2.21 bits per heavy atom. The van der Waals surface area contributed by atoms with Gasteiger partial charge in [-0.1, -0.05) is 0 Å². The molecule has 4 heteroatoms. The van der Waals surface area contributed by atoms with Gasteiger partial charge in [-0.15, -0.1) is 0 Å². The maximum Gasteiger partial charge on any atom is 0.341 e. The van der Waals surface area contributed by atoms with E-state index in [0.717, 1.165) is 6.54 Å². The Hall–Kier alpha value is -1.32. The molecule has 0 saturated carbocycles. The molecule has 0 radical (unpaired) electrons. The number of hydrogen-bond acceptors (Lipinski definition) is 3. The zero-order valence-corrected chi connectivity index (χ0v) is 9.07. The molecule has 1 aromatic rings. The van der Waals surface area contributed by atoms with Gasteiger partial charge in [-0.3, -0.25) is 4.68 Å². The first-order chi connectivity index (χ1) is 6.42. The van der Waals surface area contributed by atoms with Gasteiger partial charge in [0, 0.05) is 12.7 Å². The first-order valence-electron chi connectivity index (χ1n) is 4.68. The lowest BCUT2D eigenvalue weighted by Gasteiger charge is -2.18. The molecule has 1 aromatic heterocycles. The van der Waals surface area contributed by atoms with Crippen LogP contribution in [0.1, 0.15) is 38.1 Å². The quantitative estimate of drug-likeness (QED) is 0.678. The number of carbonyl (C=O) groups is 1. The van der Waals surface area contributed by atoms with Crippen molar-refractivity contribution in [3.8, 4) is 0 Å². The maximum absolute atomic E-state index is 11.5. The van der Waals surface area contributed by atoms with Crippen LogP contribution in [0.15, 0.2) is 12.4 Å². The molecular formula is C10H16N2O2. The van der Waals surface area contributed by atoms with E-state index in [9.17, 15) is 4.79 Å². The normalized spacial score (nSPS) is 11.4. The van der Waals surface area contributed by atoms with Gasteiger partial charge in [0.2, 0.25) is 0 Å². The third kappa shape index (κ3) is 2.87. The highest BCUT2D eigenvalue weighted by Gasteiger charge is 2.18. The molecular weight excluding hydrogens is 180 g/mol. The molecule has 1 heterocycles. The number of carbonyl (C=O) groups excluding carboxylic acids is 1. The van der Waals surface area contributed by atoms with Crippen molar-refractivity contribution in [2.45, 2.75) is 39.8 Å². The van der Waals surface area contributed by atoms with Gasteiger partial charge in [0.05, 0.1) is 11.8 Å². The van der Waals surface area contributed by atoms with Crippen LogP contribution in [0.4, 0.5) is 0 Å². The second-order valence-electron chi connectivity index (χ2n) is 4.09. The van der Waals surface area contributed by atoms with Gasteiger partial charge in [-0.2, -0.15) is 5.10 Å². The molecule has 0 aliphatic carbocycles. The fourth-order valence-corrected chi connectivity index (χ4v) is 0.979. The standard InChI is InChI=1S/C10H16N2O2/c1-5-12-7-8(6-11-12)9(13)14-10(2,3)4/h6-7H,5H2,1-4H3. The van der Waals surface area contributed by atoms with Gasteiger partial charge in [0.15, 0.2) is 0 Å². The molecule has 0 fully saturated rings. The summed E-state index contributed by atoms with van der Waals surface area (Å²) in [5.41, 5.74) is 0.0487. The Labute approximate surface area is 83.9 Å². The number of nitrogens with zero attached hydrogens (tertiary/aromatic N) is 2. The molecule has 0 unspecified atom stereocenters. The van der Waals surface area contributed by atoms with Crippen molar-refractivity contribution in [3.05, 3.63) is 18.0 Å². The van der Waals surface area contributed by atoms with E-state index in [1.54, 1.807) is 10.9 Å². The molecule has 0 atom stereocenters. The number of rotatable bonds is 2. The third-order valence-electron chi connectivity index (χ3n) is 1.59. The summed E-state index contributed by atoms with van der Waals surface area (Å²) in [7, 11) is 0. The Balaban J connectivity index is 2.70. The van der Waals surface area contributed by atoms with Gasteiger partial charge < -0.3 is 4.74 Å². The highest BCUT2D eigenvalue weighted by atomic mass is 16.6. The maximum atomic E-state index is 11.5. The van der Waals surface area contributed by atoms with Crippen LogP contribution in [0.25, 0.3) is 0 Å². The zero-order chi connectivity index (χ0) is 10.8. The van der Waals surface area contributed by atoms with Crippen molar-refractivity contribution in [1.29, 1.82) is 0 Å². The number of aryl methyl sites for hydroxylation is 1. The fraction of sp³-hybridized carbons (Fsp3) is 0.600. The minimum absolute atomic E-state index is 0.322. The Kier molecular flexibility index (Phi) is 2.93. The molecule has 0 spiro atoms. The van der Waals surface area contributed by atoms with Crippen LogP contribution in [0.5, 0.6) is 0 Å². The predicted octanol–water partition coefficient (Wildman–Crippen LogP) is 1.86. The van der Waals surface area contributed by atoms with Crippen LogP contribution in [-0.2, 0) is 11.3 Å². The third-order valence-corrected chi connectivity index (χ3v) is 1.59. The summed E-state index contributed by atoms with van der Waals surface area (Å²) in [6.45, 7) is 8.24. The number of ether oxygens (including phenoxy) is 1. The lowest BCUT2D eigenvalue weighted by molar-refractivity contribution is 0.00694. The molecule has 0 saturated heterocycles. The van der Waals surface area contributed by atoms with E-state index < -0.39 is 5.60 Å². The van der Waals surface area contributed by atoms with Crippen LogP contribution >= 0.6 is 0 Å². The van der Waals surface area contributed by atoms with E-state index in [2.05, 4.69) is 5.10 Å². The Bertz CT molecular complexity index is 323. The fourth-order valence-electron chi connectivity index (χ4n) is 0.979. The van der Waals surface area contributed by atoms with Crippen molar-refractivity contribution in [3.63, 3.8) is 0 Å². The molecule has 0 bridgehead atoms. The molecule has 0 aliphatic rings. The number of aromatic nitrogens is 2. The average molecular weight is 196 g/mol. The van der Waals surface area contributed by atoms with Crippen LogP contribution < -0.4 is 0 Å². The molecule has 0 N–H and O–H groups in total. The second kappa shape index (κ2) is 3.82. The van der Waals surface area contributed by atoms with Crippen LogP contribution in [0.2, 0.25) is 0 Å². The zero-order valence-electron chi connectivity index (χ0n) is 9.07. The van der Waals surface area contributed by atoms with Crippen LogP contribution in [0, 0.1) is 0 Å². The highest BCUT2D eigenvalue weighted by molar-refractivity contribution is 5.89. The molecule has 1 rings (SSSR count). The van der Waals surface area contributed by atoms with E-state index in [1.165, 1.54) is 6.20 Å². The van der Waals surface area contributed by atoms with E-state index in [0.29, 0.717) is 5.56 Å². The van der Waals surface area contributed by atoms with Gasteiger partial charge in [-0.05, 0) is 27.7 Å². The Morgan fingerprint density at radius 3 is 2.64 bits per heavy atom. The van der Waals surface area contributed by atoms with E-state index in [4.69, 9.17) is 4.74 Å². The van der Waals surface area contributed by atoms with Gasteiger partial charge in [-0.25, -0.2) is 4.79 Å². The molecule has 0 aromatic carbocycles. The smallest absolute Gasteiger partial charge is 0.341 e. The highest BCUT2D eigenvalue weighted by Crippen LogP contribution is 2.11. The summed E-state index contributed by atoms with van der Waals surface area (Å²) in [6, 6.07) is 0. The minimum Gasteiger partial charge on any atom is -0.456 e. The summed E-state index contributed by atoms with van der Waals surface area (Å²) in [6.07, 6.45) is 3.21. The van der Waals surface area contributed by atoms with Crippen molar-refractivity contribution >= 4 is 5.97 Å². The van der Waals surface area contributed by atoms with Crippen molar-refractivity contribution in [2.24, 2.45) is 0 Å². The van der Waals surface area contributed by atoms with E-state index >= 15 is 0 Å². The Morgan fingerprint density at radius 1 is 1.57 bits per heavy atom. The lowest BCUT2D eigenvalue weighted by atomic mass is 10.2. The molecule has 0 aliphatic heterocycles. The van der Waals surface area contributed by atoms with Crippen molar-refractivity contribution in [2.75, 3.05) is 0 Å². The topological polar surface area (TPSA) is 44.1 Å². The summed E-state index contributed by atoms with van der Waals surface area (Å²) < 4.78 is 6.88. The summed E-state index contributed by atoms with van der Waals surface area (Å²) >= 11 is 0. The van der Waals surface area contributed by atoms with Crippen molar-refractivity contribution < 1.29 is 9.53 Å². The first-order valence-corrected chi connectivity index (χ1v) is 4.68. The average Bonchev–Trinajstić information content (AvgIpc) is 2.48. The van der Waals surface area contributed by atoms with E-state index in [1.807, 2.05) is 27.7 Å². The second-order valence-corrected chi connectivity index (χ2v) is 4.09. The van der Waals surface area contributed by atoms with Crippen LogP contribution in [-0.4, -0.2) is 21.4 Å². The molecule has 78 valence electrons. The summed E-state index contributed by atoms with van der Waals surface area (Å²) in [5.74, 6) is -0.322. The SMILES string of the molecule is CCn1cc(C(=O)OC(C)(C)C)cn1. The summed E-state index contributed by atoms with van der Waals surface area (Å²) in [4.78, 5) is 11.5. The monoisotopic (exact) mass is 196 g/mol. The van der Waals surface area contributed by atoms with Crippen LogP contribution in [0.3, 0.4) is 0 Å². The number of hydrogen-bond donors (Lipinski definition) is 0. The largest absolute Gasteiger partial charge is 0.456 e. The molecule has 0 amide bonds. The van der Waals surface area contributed by atoms with Gasteiger partial charge in [0.1, 0.15) is 5.60 Å². The lowest BCUT2D eigenvalue weighted by Crippen LogP contribution is -2.23. The van der Waals surface area contributed by atoms with Gasteiger partial charge in [0.25, 0.3) is 0 Å². The van der Waals surface area contributed by atoms with Crippen molar-refractivity contribution in [1.82, 2.24) is 9.78 Å². The van der Waals surface area contributed by atoms with E-state index in [-0.39, 0.29) is 5.97 Å². The minimum atomic E-state index is -0.453.